The van der Waals surface area contributed by atoms with Crippen molar-refractivity contribution in [3.05, 3.63) is 54.6 Å². The van der Waals surface area contributed by atoms with Crippen LogP contribution in [0.5, 0.6) is 0 Å². The van der Waals surface area contributed by atoms with Crippen LogP contribution in [0.1, 0.15) is 0 Å². The van der Waals surface area contributed by atoms with Crippen LogP contribution in [-0.4, -0.2) is 9.97 Å². The zero-order chi connectivity index (χ0) is 12.8. The Bertz CT molecular complexity index is 931. The maximum absolute atomic E-state index is 4.75. The summed E-state index contributed by atoms with van der Waals surface area (Å²) in [7, 11) is 0. The number of hydrogen-bond donors (Lipinski definition) is 1. The van der Waals surface area contributed by atoms with Gasteiger partial charge in [0.2, 0.25) is 0 Å². The maximum atomic E-state index is 4.75. The van der Waals surface area contributed by atoms with Gasteiger partial charge in [0.05, 0.1) is 22.1 Å². The lowest BCUT2D eigenvalue weighted by atomic mass is 10.1. The number of nitrogens with zero attached hydrogens (tertiary/aromatic N) is 2. The first-order valence-corrected chi connectivity index (χ1v) is 6.55. The van der Waals surface area contributed by atoms with Gasteiger partial charge in [-0.2, -0.15) is 0 Å². The van der Waals surface area contributed by atoms with E-state index in [1.165, 1.54) is 0 Å². The molecule has 0 aliphatic rings. The molecule has 4 aromatic rings. The van der Waals surface area contributed by atoms with Gasteiger partial charge >= 0.3 is 0 Å². The van der Waals surface area contributed by atoms with Crippen LogP contribution in [0.2, 0.25) is 0 Å². The van der Waals surface area contributed by atoms with E-state index < -0.39 is 0 Å². The molecular weight excluding hydrogens is 252 g/mol. The lowest BCUT2D eigenvalue weighted by Crippen LogP contribution is -1.88. The minimum Gasteiger partial charge on any atom is -0.244 e. The molecule has 0 unspecified atom stereocenters. The maximum Gasteiger partial charge on any atom is 0.0973 e. The van der Waals surface area contributed by atoms with Crippen LogP contribution >= 0.6 is 12.6 Å². The second kappa shape index (κ2) is 3.93. The average molecular weight is 262 g/mol. The van der Waals surface area contributed by atoms with Crippen molar-refractivity contribution >= 4 is 45.5 Å². The van der Waals surface area contributed by atoms with Crippen molar-refractivity contribution in [3.8, 4) is 0 Å². The smallest absolute Gasteiger partial charge is 0.0973 e. The predicted octanol–water partition coefficient (Wildman–Crippen LogP) is 4.22. The Balaban J connectivity index is 2.26. The third-order valence-electron chi connectivity index (χ3n) is 3.34. The summed E-state index contributed by atoms with van der Waals surface area (Å²) in [6.07, 6.45) is 0. The van der Waals surface area contributed by atoms with Gasteiger partial charge in [-0.3, -0.25) is 0 Å². The molecule has 3 heteroatoms. The van der Waals surface area contributed by atoms with Gasteiger partial charge in [-0.1, -0.05) is 30.3 Å². The molecule has 1 aromatic heterocycles. The summed E-state index contributed by atoms with van der Waals surface area (Å²) in [6.45, 7) is 0. The highest BCUT2D eigenvalue weighted by Crippen LogP contribution is 2.28. The molecule has 0 bridgehead atoms. The van der Waals surface area contributed by atoms with E-state index in [0.29, 0.717) is 0 Å². The van der Waals surface area contributed by atoms with Gasteiger partial charge in [0, 0.05) is 10.3 Å². The number of rotatable bonds is 0. The van der Waals surface area contributed by atoms with Gasteiger partial charge in [0.1, 0.15) is 0 Å². The molecule has 0 spiro atoms. The van der Waals surface area contributed by atoms with Crippen molar-refractivity contribution in [1.29, 1.82) is 0 Å². The number of aromatic nitrogens is 2. The highest BCUT2D eigenvalue weighted by molar-refractivity contribution is 7.80. The summed E-state index contributed by atoms with van der Waals surface area (Å²) in [5.41, 5.74) is 3.71. The first-order valence-electron chi connectivity index (χ1n) is 6.10. The molecule has 0 N–H and O–H groups in total. The Morgan fingerprint density at radius 2 is 1.42 bits per heavy atom. The Morgan fingerprint density at radius 1 is 0.632 bits per heavy atom. The fraction of sp³-hybridized carbons (Fsp3) is 0. The summed E-state index contributed by atoms with van der Waals surface area (Å²) in [5.74, 6) is 0. The van der Waals surface area contributed by atoms with Crippen LogP contribution in [0.4, 0.5) is 0 Å². The number of para-hydroxylation sites is 2. The molecule has 0 saturated heterocycles. The van der Waals surface area contributed by atoms with Crippen LogP contribution < -0.4 is 0 Å². The number of hydrogen-bond acceptors (Lipinski definition) is 3. The zero-order valence-electron chi connectivity index (χ0n) is 10.0. The molecule has 0 radical (unpaired) electrons. The Hall–Kier alpha value is -2.13. The second-order valence-electron chi connectivity index (χ2n) is 4.52. The van der Waals surface area contributed by atoms with E-state index in [2.05, 4.69) is 29.7 Å². The second-order valence-corrected chi connectivity index (χ2v) is 5.00. The summed E-state index contributed by atoms with van der Waals surface area (Å²) in [6, 6.07) is 18.1. The zero-order valence-corrected chi connectivity index (χ0v) is 10.9. The minimum absolute atomic E-state index is 0.921. The van der Waals surface area contributed by atoms with E-state index in [-0.39, 0.29) is 0 Å². The van der Waals surface area contributed by atoms with Crippen molar-refractivity contribution < 1.29 is 0 Å². The van der Waals surface area contributed by atoms with Gasteiger partial charge in [0.25, 0.3) is 0 Å². The molecule has 0 aliphatic heterocycles. The SMILES string of the molecule is Sc1cccc2c1ccc1nc3ccccc3nc12. The molecule has 0 aliphatic carbocycles. The molecule has 0 atom stereocenters. The third-order valence-corrected chi connectivity index (χ3v) is 3.73. The van der Waals surface area contributed by atoms with Crippen molar-refractivity contribution in [3.63, 3.8) is 0 Å². The summed E-state index contributed by atoms with van der Waals surface area (Å²) >= 11 is 4.50. The van der Waals surface area contributed by atoms with Gasteiger partial charge in [0.15, 0.2) is 0 Å². The Kier molecular flexibility index (Phi) is 2.23. The Morgan fingerprint density at radius 3 is 2.26 bits per heavy atom. The quantitative estimate of drug-likeness (QED) is 0.291. The van der Waals surface area contributed by atoms with Gasteiger partial charge in [-0.15, -0.1) is 12.6 Å². The van der Waals surface area contributed by atoms with E-state index in [9.17, 15) is 0 Å². The molecule has 0 amide bonds. The molecule has 4 rings (SSSR count). The van der Waals surface area contributed by atoms with Gasteiger partial charge < -0.3 is 0 Å². The summed E-state index contributed by atoms with van der Waals surface area (Å²) < 4.78 is 0. The molecule has 2 nitrogen and oxygen atoms in total. The van der Waals surface area contributed by atoms with E-state index >= 15 is 0 Å². The van der Waals surface area contributed by atoms with Crippen LogP contribution in [0.25, 0.3) is 32.8 Å². The first-order chi connectivity index (χ1) is 9.33. The number of thiol groups is 1. The van der Waals surface area contributed by atoms with Crippen molar-refractivity contribution in [2.45, 2.75) is 4.90 Å². The van der Waals surface area contributed by atoms with Crippen molar-refractivity contribution in [2.75, 3.05) is 0 Å². The van der Waals surface area contributed by atoms with E-state index in [0.717, 1.165) is 37.7 Å². The molecular formula is C16H10N2S. The molecule has 0 saturated carbocycles. The average Bonchev–Trinajstić information content (AvgIpc) is 2.45. The topological polar surface area (TPSA) is 25.8 Å². The standard InChI is InChI=1S/C16H10N2S/c19-15-7-3-4-11-10(15)8-9-14-16(11)18-13-6-2-1-5-12(13)17-14/h1-9,19H. The summed E-state index contributed by atoms with van der Waals surface area (Å²) in [5, 5.41) is 2.21. The van der Waals surface area contributed by atoms with Crippen LogP contribution in [0.15, 0.2) is 59.5 Å². The van der Waals surface area contributed by atoms with Crippen LogP contribution in [-0.2, 0) is 0 Å². The lowest BCUT2D eigenvalue weighted by molar-refractivity contribution is 1.40. The monoisotopic (exact) mass is 262 g/mol. The van der Waals surface area contributed by atoms with Crippen molar-refractivity contribution in [1.82, 2.24) is 9.97 Å². The van der Waals surface area contributed by atoms with Gasteiger partial charge in [-0.05, 0) is 29.7 Å². The highest BCUT2D eigenvalue weighted by atomic mass is 32.1. The van der Waals surface area contributed by atoms with Crippen molar-refractivity contribution in [2.24, 2.45) is 0 Å². The summed E-state index contributed by atoms with van der Waals surface area (Å²) in [4.78, 5) is 10.4. The van der Waals surface area contributed by atoms with E-state index in [1.807, 2.05) is 42.5 Å². The van der Waals surface area contributed by atoms with Crippen LogP contribution in [0.3, 0.4) is 0 Å². The molecule has 0 fully saturated rings. The fourth-order valence-corrected chi connectivity index (χ4v) is 2.71. The molecule has 90 valence electrons. The largest absolute Gasteiger partial charge is 0.244 e. The number of fused-ring (bicyclic) bond motifs is 4. The predicted molar refractivity (Wildman–Crippen MR) is 81.8 cm³/mol. The molecule has 3 aromatic carbocycles. The number of benzene rings is 3. The third kappa shape index (κ3) is 1.59. The van der Waals surface area contributed by atoms with E-state index in [1.54, 1.807) is 0 Å². The minimum atomic E-state index is 0.921. The lowest BCUT2D eigenvalue weighted by Gasteiger charge is -2.06. The molecule has 19 heavy (non-hydrogen) atoms. The van der Waals surface area contributed by atoms with Gasteiger partial charge in [-0.25, -0.2) is 9.97 Å². The Labute approximate surface area is 115 Å². The van der Waals surface area contributed by atoms with Crippen LogP contribution in [0, 0.1) is 0 Å². The highest BCUT2D eigenvalue weighted by Gasteiger charge is 2.06. The molecule has 1 heterocycles. The first kappa shape index (κ1) is 10.8. The fourth-order valence-electron chi connectivity index (χ4n) is 2.43. The van der Waals surface area contributed by atoms with E-state index in [4.69, 9.17) is 4.98 Å². The normalized spacial score (nSPS) is 11.4.